The van der Waals surface area contributed by atoms with E-state index >= 15 is 0 Å². The molecule has 4 heterocycles. The molecule has 0 fully saturated rings. The number of imidazole rings is 1. The van der Waals surface area contributed by atoms with Crippen molar-refractivity contribution in [1.29, 1.82) is 0 Å². The fourth-order valence-corrected chi connectivity index (χ4v) is 7.81. The number of hydrogen-bond acceptors (Lipinski definition) is 3. The van der Waals surface area contributed by atoms with E-state index in [1.807, 2.05) is 18.2 Å². The summed E-state index contributed by atoms with van der Waals surface area (Å²) in [5.74, 6) is 0. The molecule has 48 heavy (non-hydrogen) atoms. The summed E-state index contributed by atoms with van der Waals surface area (Å²) < 4.78 is 8.59. The van der Waals surface area contributed by atoms with E-state index in [2.05, 4.69) is 138 Å². The maximum Gasteiger partial charge on any atom is 0.228 e. The lowest BCUT2D eigenvalue weighted by atomic mass is 9.93. The maximum atomic E-state index is 6.25. The molecule has 11 rings (SSSR count). The number of para-hydroxylation sites is 4. The zero-order valence-electron chi connectivity index (χ0n) is 25.7. The summed E-state index contributed by atoms with van der Waals surface area (Å²) in [7, 11) is 0. The van der Waals surface area contributed by atoms with Crippen LogP contribution >= 0.6 is 0 Å². The molecule has 0 unspecified atom stereocenters. The fourth-order valence-electron chi connectivity index (χ4n) is 7.81. The number of pyridine rings is 2. The van der Waals surface area contributed by atoms with E-state index in [0.717, 1.165) is 66.1 Å². The molecule has 0 atom stereocenters. The molecule has 0 spiro atoms. The van der Waals surface area contributed by atoms with Gasteiger partial charge in [0.1, 0.15) is 11.2 Å². The van der Waals surface area contributed by atoms with Gasteiger partial charge in [-0.2, -0.15) is 0 Å². The van der Waals surface area contributed by atoms with Crippen LogP contribution in [0, 0.1) is 0 Å². The van der Waals surface area contributed by atoms with Crippen molar-refractivity contribution in [3.8, 4) is 22.3 Å². The Bertz CT molecular complexity index is 3110. The van der Waals surface area contributed by atoms with Gasteiger partial charge in [0.25, 0.3) is 0 Å². The third-order valence-electron chi connectivity index (χ3n) is 9.97. The summed E-state index contributed by atoms with van der Waals surface area (Å²) in [6, 6.07) is 53.9. The van der Waals surface area contributed by atoms with Crippen LogP contribution in [0.5, 0.6) is 0 Å². The van der Waals surface area contributed by atoms with Crippen molar-refractivity contribution in [1.82, 2.24) is 14.4 Å². The number of rotatable bonds is 2. The van der Waals surface area contributed by atoms with Crippen LogP contribution in [0.3, 0.4) is 0 Å². The minimum Gasteiger partial charge on any atom is -0.438 e. The minimum absolute atomic E-state index is 0.668. The lowest BCUT2D eigenvalue weighted by molar-refractivity contribution is 0.656. The molecule has 0 radical (unpaired) electrons. The van der Waals surface area contributed by atoms with E-state index in [1.54, 1.807) is 0 Å². The molecule has 0 saturated carbocycles. The van der Waals surface area contributed by atoms with Crippen molar-refractivity contribution in [3.63, 3.8) is 0 Å². The highest BCUT2D eigenvalue weighted by atomic mass is 16.3. The van der Waals surface area contributed by atoms with Crippen LogP contribution in [0.15, 0.2) is 156 Å². The van der Waals surface area contributed by atoms with Gasteiger partial charge in [-0.05, 0) is 69.2 Å². The smallest absolute Gasteiger partial charge is 0.228 e. The Balaban J connectivity index is 1.15. The minimum atomic E-state index is 0.668. The third-order valence-corrected chi connectivity index (χ3v) is 9.97. The van der Waals surface area contributed by atoms with Crippen molar-refractivity contribution in [3.05, 3.63) is 152 Å². The van der Waals surface area contributed by atoms with Gasteiger partial charge in [-0.15, -0.1) is 0 Å². The largest absolute Gasteiger partial charge is 0.438 e. The monoisotopic (exact) mass is 611 g/mol. The number of furan rings is 1. The second kappa shape index (κ2) is 9.50. The molecule has 0 aliphatic rings. The van der Waals surface area contributed by atoms with Crippen LogP contribution in [0.1, 0.15) is 0 Å². The fraction of sp³-hybridized carbons (Fsp3) is 0. The highest BCUT2D eigenvalue weighted by Crippen LogP contribution is 2.42. The average molecular weight is 612 g/mol. The second-order valence-corrected chi connectivity index (χ2v) is 12.6. The van der Waals surface area contributed by atoms with Crippen LogP contribution in [-0.4, -0.2) is 14.4 Å². The first-order valence-corrected chi connectivity index (χ1v) is 16.3. The molecule has 0 amide bonds. The summed E-state index contributed by atoms with van der Waals surface area (Å²) >= 11 is 0. The van der Waals surface area contributed by atoms with Gasteiger partial charge in [0, 0.05) is 27.1 Å². The van der Waals surface area contributed by atoms with Crippen molar-refractivity contribution >= 4 is 82.1 Å². The predicted octanol–water partition coefficient (Wildman–Crippen LogP) is 11.7. The van der Waals surface area contributed by atoms with Crippen molar-refractivity contribution in [2.24, 2.45) is 0 Å². The Hall–Kier alpha value is -6.52. The first kappa shape index (κ1) is 25.6. The highest BCUT2D eigenvalue weighted by Gasteiger charge is 2.19. The maximum absolute atomic E-state index is 6.25. The van der Waals surface area contributed by atoms with Gasteiger partial charge >= 0.3 is 0 Å². The SMILES string of the molecule is c1ccc2c(c1)ccc1c3cc(-c4ccc(-c5c6ccccc6nc6oc7ccccc7c56)cc4)ccc3n3c4ccccc4nc3c21. The first-order chi connectivity index (χ1) is 23.8. The van der Waals surface area contributed by atoms with Gasteiger partial charge in [0.2, 0.25) is 5.71 Å². The molecule has 0 aliphatic carbocycles. The number of benzene rings is 7. The van der Waals surface area contributed by atoms with Crippen LogP contribution in [-0.2, 0) is 0 Å². The van der Waals surface area contributed by atoms with E-state index in [-0.39, 0.29) is 0 Å². The standard InChI is InChI=1S/C44H25N3O/c1-2-10-30-27(9-1)21-23-31-34-25-29(22-24-37(34)47-38-15-7-6-14-36(38)45-43(47)41(30)31)26-17-19-28(20-18-26)40-32-11-3-5-13-35(32)46-44-42(40)33-12-4-8-16-39(33)48-44/h1-25H. The molecule has 11 aromatic rings. The molecule has 222 valence electrons. The van der Waals surface area contributed by atoms with Gasteiger partial charge < -0.3 is 4.42 Å². The topological polar surface area (TPSA) is 43.3 Å². The van der Waals surface area contributed by atoms with E-state index in [0.29, 0.717) is 5.71 Å². The number of aromatic nitrogens is 3. The summed E-state index contributed by atoms with van der Waals surface area (Å²) in [5, 5.41) is 9.29. The Labute approximate surface area is 274 Å². The number of fused-ring (bicyclic) bond motifs is 14. The Morgan fingerprint density at radius 1 is 0.438 bits per heavy atom. The van der Waals surface area contributed by atoms with Gasteiger partial charge in [-0.3, -0.25) is 4.40 Å². The quantitative estimate of drug-likeness (QED) is 0.183. The van der Waals surface area contributed by atoms with Crippen LogP contribution in [0.25, 0.3) is 104 Å². The molecule has 4 heteroatoms. The molecule has 4 aromatic heterocycles. The van der Waals surface area contributed by atoms with E-state index < -0.39 is 0 Å². The van der Waals surface area contributed by atoms with Crippen molar-refractivity contribution < 1.29 is 4.42 Å². The first-order valence-electron chi connectivity index (χ1n) is 16.3. The van der Waals surface area contributed by atoms with Gasteiger partial charge in [0.05, 0.1) is 27.5 Å². The van der Waals surface area contributed by atoms with Gasteiger partial charge in [-0.1, -0.05) is 115 Å². The molecule has 0 bridgehead atoms. The molecule has 4 nitrogen and oxygen atoms in total. The molecule has 0 N–H and O–H groups in total. The molecule has 7 aromatic carbocycles. The zero-order valence-corrected chi connectivity index (χ0v) is 25.7. The normalized spacial score (nSPS) is 12.2. The lowest BCUT2D eigenvalue weighted by Gasteiger charge is -2.13. The Kier molecular flexibility index (Phi) is 5.08. The van der Waals surface area contributed by atoms with Crippen molar-refractivity contribution in [2.45, 2.75) is 0 Å². The van der Waals surface area contributed by atoms with Gasteiger partial charge in [0.15, 0.2) is 0 Å². The van der Waals surface area contributed by atoms with Crippen LogP contribution < -0.4 is 0 Å². The lowest BCUT2D eigenvalue weighted by Crippen LogP contribution is -1.93. The van der Waals surface area contributed by atoms with E-state index in [1.165, 1.54) is 32.5 Å². The zero-order chi connectivity index (χ0) is 31.3. The average Bonchev–Trinajstić information content (AvgIpc) is 3.72. The van der Waals surface area contributed by atoms with E-state index in [9.17, 15) is 0 Å². The molecular formula is C44H25N3O. The summed E-state index contributed by atoms with van der Waals surface area (Å²) in [6.07, 6.45) is 0. The summed E-state index contributed by atoms with van der Waals surface area (Å²) in [6.45, 7) is 0. The van der Waals surface area contributed by atoms with E-state index in [4.69, 9.17) is 14.4 Å². The summed E-state index contributed by atoms with van der Waals surface area (Å²) in [5.41, 5.74) is 11.3. The second-order valence-electron chi connectivity index (χ2n) is 12.6. The Morgan fingerprint density at radius 2 is 1.15 bits per heavy atom. The highest BCUT2D eigenvalue weighted by molar-refractivity contribution is 6.23. The molecule has 0 aliphatic heterocycles. The molecular weight excluding hydrogens is 587 g/mol. The van der Waals surface area contributed by atoms with Crippen LogP contribution in [0.4, 0.5) is 0 Å². The third kappa shape index (κ3) is 3.49. The summed E-state index contributed by atoms with van der Waals surface area (Å²) in [4.78, 5) is 10.1. The van der Waals surface area contributed by atoms with Crippen molar-refractivity contribution in [2.75, 3.05) is 0 Å². The van der Waals surface area contributed by atoms with Crippen LogP contribution in [0.2, 0.25) is 0 Å². The number of nitrogens with zero attached hydrogens (tertiary/aromatic N) is 3. The number of hydrogen-bond donors (Lipinski definition) is 0. The Morgan fingerprint density at radius 3 is 2.04 bits per heavy atom. The molecule has 0 saturated heterocycles. The van der Waals surface area contributed by atoms with Gasteiger partial charge in [-0.25, -0.2) is 9.97 Å². The predicted molar refractivity (Wildman–Crippen MR) is 199 cm³/mol.